The van der Waals surface area contributed by atoms with Gasteiger partial charge < -0.3 is 30.3 Å². The molecule has 7 nitrogen and oxygen atoms in total. The van der Waals surface area contributed by atoms with E-state index in [4.69, 9.17) is 9.73 Å². The van der Waals surface area contributed by atoms with Crippen LogP contribution in [0.3, 0.4) is 0 Å². The molecule has 1 aliphatic rings. The molecule has 30 heavy (non-hydrogen) atoms. The van der Waals surface area contributed by atoms with Gasteiger partial charge in [-0.2, -0.15) is 0 Å². The van der Waals surface area contributed by atoms with Gasteiger partial charge in [0.15, 0.2) is 5.96 Å². The summed E-state index contributed by atoms with van der Waals surface area (Å²) in [7, 11) is 3.88. The second kappa shape index (κ2) is 14.2. The van der Waals surface area contributed by atoms with Crippen LogP contribution in [0.5, 0.6) is 0 Å². The van der Waals surface area contributed by atoms with Crippen molar-refractivity contribution in [3.05, 3.63) is 29.8 Å². The van der Waals surface area contributed by atoms with E-state index < -0.39 is 0 Å². The summed E-state index contributed by atoms with van der Waals surface area (Å²) in [6.45, 7) is 9.63. The Labute approximate surface area is 182 Å². The third kappa shape index (κ3) is 8.90. The van der Waals surface area contributed by atoms with Gasteiger partial charge in [0.2, 0.25) is 0 Å². The molecule has 0 aliphatic carbocycles. The molecular weight excluding hydrogens is 378 g/mol. The van der Waals surface area contributed by atoms with Crippen LogP contribution in [-0.4, -0.2) is 82.6 Å². The van der Waals surface area contributed by atoms with Crippen molar-refractivity contribution in [2.24, 2.45) is 10.9 Å². The molecule has 1 fully saturated rings. The van der Waals surface area contributed by atoms with Crippen molar-refractivity contribution in [3.63, 3.8) is 0 Å². The minimum Gasteiger partial charge on any atom is -0.396 e. The van der Waals surface area contributed by atoms with Crippen molar-refractivity contribution in [2.75, 3.05) is 71.5 Å². The van der Waals surface area contributed by atoms with Gasteiger partial charge in [-0.1, -0.05) is 12.1 Å². The molecule has 0 bridgehead atoms. The van der Waals surface area contributed by atoms with Gasteiger partial charge >= 0.3 is 0 Å². The molecule has 0 atom stereocenters. The number of aliphatic imine (C=N–C) groups is 1. The van der Waals surface area contributed by atoms with Gasteiger partial charge in [0.25, 0.3) is 0 Å². The van der Waals surface area contributed by atoms with Gasteiger partial charge in [-0.05, 0) is 56.8 Å². The Morgan fingerprint density at radius 2 is 1.93 bits per heavy atom. The number of aliphatic hydroxyl groups excluding tert-OH is 1. The van der Waals surface area contributed by atoms with Gasteiger partial charge in [0.1, 0.15) is 0 Å². The van der Waals surface area contributed by atoms with E-state index in [2.05, 4.69) is 58.7 Å². The normalized spacial score (nSPS) is 15.6. The molecule has 0 spiro atoms. The molecule has 1 heterocycles. The average molecular weight is 420 g/mol. The lowest BCUT2D eigenvalue weighted by Gasteiger charge is -2.32. The molecule has 0 saturated carbocycles. The van der Waals surface area contributed by atoms with Crippen molar-refractivity contribution >= 4 is 11.6 Å². The van der Waals surface area contributed by atoms with Crippen LogP contribution in [0.15, 0.2) is 29.3 Å². The highest BCUT2D eigenvalue weighted by atomic mass is 16.5. The highest BCUT2D eigenvalue weighted by Crippen LogP contribution is 2.23. The zero-order valence-corrected chi connectivity index (χ0v) is 19.1. The van der Waals surface area contributed by atoms with Gasteiger partial charge in [0, 0.05) is 65.3 Å². The maximum atomic E-state index is 9.30. The predicted octanol–water partition coefficient (Wildman–Crippen LogP) is 1.92. The number of anilines is 1. The fourth-order valence-corrected chi connectivity index (χ4v) is 3.65. The Morgan fingerprint density at radius 1 is 1.20 bits per heavy atom. The molecule has 0 radical (unpaired) electrons. The van der Waals surface area contributed by atoms with Crippen LogP contribution in [0.1, 0.15) is 31.7 Å². The zero-order chi connectivity index (χ0) is 21.6. The SMILES string of the molecule is CCNC(=NCc1ccc(N2CCC(CO)CC2)cc1)NCCN(C)CCCOC. The first-order chi connectivity index (χ1) is 14.7. The molecule has 3 N–H and O–H groups in total. The summed E-state index contributed by atoms with van der Waals surface area (Å²) in [5.41, 5.74) is 2.47. The van der Waals surface area contributed by atoms with E-state index >= 15 is 0 Å². The third-order valence-electron chi connectivity index (χ3n) is 5.61. The Balaban J connectivity index is 1.78. The maximum Gasteiger partial charge on any atom is 0.191 e. The number of ether oxygens (including phenoxy) is 1. The Hall–Kier alpha value is -1.83. The number of aliphatic hydroxyl groups is 1. The average Bonchev–Trinajstić information content (AvgIpc) is 2.78. The van der Waals surface area contributed by atoms with Crippen LogP contribution < -0.4 is 15.5 Å². The Bertz CT molecular complexity index is 600. The molecular formula is C23H41N5O2. The predicted molar refractivity (Wildman–Crippen MR) is 125 cm³/mol. The van der Waals surface area contributed by atoms with Crippen LogP contribution in [0, 0.1) is 5.92 Å². The quantitative estimate of drug-likeness (QED) is 0.273. The fourth-order valence-electron chi connectivity index (χ4n) is 3.65. The first-order valence-corrected chi connectivity index (χ1v) is 11.3. The Morgan fingerprint density at radius 3 is 2.57 bits per heavy atom. The number of nitrogens with zero attached hydrogens (tertiary/aromatic N) is 3. The standard InChI is InChI=1S/C23H41N5O2/c1-4-24-23(25-12-16-27(2)13-5-17-30-3)26-18-20-6-8-22(9-7-20)28-14-10-21(19-29)11-15-28/h6-9,21,29H,4-5,10-19H2,1-3H3,(H2,24,25,26). The van der Waals surface area contributed by atoms with Gasteiger partial charge in [-0.15, -0.1) is 0 Å². The van der Waals surface area contributed by atoms with Crippen molar-refractivity contribution in [1.29, 1.82) is 0 Å². The van der Waals surface area contributed by atoms with Crippen molar-refractivity contribution < 1.29 is 9.84 Å². The van der Waals surface area contributed by atoms with Crippen molar-refractivity contribution in [2.45, 2.75) is 32.7 Å². The van der Waals surface area contributed by atoms with Crippen LogP contribution in [-0.2, 0) is 11.3 Å². The number of hydrogen-bond donors (Lipinski definition) is 3. The monoisotopic (exact) mass is 419 g/mol. The summed E-state index contributed by atoms with van der Waals surface area (Å²) in [6.07, 6.45) is 3.19. The van der Waals surface area contributed by atoms with E-state index in [0.29, 0.717) is 19.1 Å². The van der Waals surface area contributed by atoms with E-state index in [1.807, 2.05) is 0 Å². The first kappa shape index (κ1) is 24.4. The smallest absolute Gasteiger partial charge is 0.191 e. The zero-order valence-electron chi connectivity index (χ0n) is 19.1. The summed E-state index contributed by atoms with van der Waals surface area (Å²) in [5, 5.41) is 16.0. The van der Waals surface area contributed by atoms with E-state index in [0.717, 1.165) is 71.1 Å². The van der Waals surface area contributed by atoms with Gasteiger partial charge in [0.05, 0.1) is 6.54 Å². The summed E-state index contributed by atoms with van der Waals surface area (Å²) >= 11 is 0. The number of nitrogens with one attached hydrogen (secondary N) is 2. The molecule has 0 aromatic heterocycles. The van der Waals surface area contributed by atoms with Gasteiger partial charge in [-0.3, -0.25) is 0 Å². The molecule has 0 amide bonds. The number of piperidine rings is 1. The fraction of sp³-hybridized carbons (Fsp3) is 0.696. The van der Waals surface area contributed by atoms with Crippen LogP contribution >= 0.6 is 0 Å². The minimum atomic E-state index is 0.317. The van der Waals surface area contributed by atoms with Crippen LogP contribution in [0.2, 0.25) is 0 Å². The Kier molecular flexibility index (Phi) is 11.6. The highest BCUT2D eigenvalue weighted by Gasteiger charge is 2.18. The van der Waals surface area contributed by atoms with Gasteiger partial charge in [-0.25, -0.2) is 4.99 Å². The highest BCUT2D eigenvalue weighted by molar-refractivity contribution is 5.79. The second-order valence-electron chi connectivity index (χ2n) is 8.05. The number of guanidine groups is 1. The van der Waals surface area contributed by atoms with E-state index in [-0.39, 0.29) is 0 Å². The molecule has 2 rings (SSSR count). The van der Waals surface area contributed by atoms with E-state index in [1.54, 1.807) is 7.11 Å². The molecule has 1 saturated heterocycles. The summed E-state index contributed by atoms with van der Waals surface area (Å²) < 4.78 is 5.11. The number of hydrogen-bond acceptors (Lipinski definition) is 5. The summed E-state index contributed by atoms with van der Waals surface area (Å²) in [6, 6.07) is 8.73. The lowest BCUT2D eigenvalue weighted by atomic mass is 9.97. The molecule has 1 aliphatic heterocycles. The summed E-state index contributed by atoms with van der Waals surface area (Å²) in [4.78, 5) is 9.45. The first-order valence-electron chi connectivity index (χ1n) is 11.3. The molecule has 170 valence electrons. The van der Waals surface area contributed by atoms with Crippen molar-refractivity contribution in [1.82, 2.24) is 15.5 Å². The maximum absolute atomic E-state index is 9.30. The number of methoxy groups -OCH3 is 1. The number of rotatable bonds is 12. The molecule has 1 aromatic rings. The minimum absolute atomic E-state index is 0.317. The van der Waals surface area contributed by atoms with Crippen molar-refractivity contribution in [3.8, 4) is 0 Å². The lowest BCUT2D eigenvalue weighted by Crippen LogP contribution is -2.41. The summed E-state index contributed by atoms with van der Waals surface area (Å²) in [5.74, 6) is 1.33. The number of likely N-dealkylation sites (N-methyl/N-ethyl adjacent to an activating group) is 1. The second-order valence-corrected chi connectivity index (χ2v) is 8.05. The van der Waals surface area contributed by atoms with E-state index in [9.17, 15) is 5.11 Å². The third-order valence-corrected chi connectivity index (χ3v) is 5.61. The lowest BCUT2D eigenvalue weighted by molar-refractivity contribution is 0.180. The largest absolute Gasteiger partial charge is 0.396 e. The van der Waals surface area contributed by atoms with Crippen LogP contribution in [0.25, 0.3) is 0 Å². The van der Waals surface area contributed by atoms with Crippen LogP contribution in [0.4, 0.5) is 5.69 Å². The molecule has 7 heteroatoms. The topological polar surface area (TPSA) is 72.4 Å². The van der Waals surface area contributed by atoms with E-state index in [1.165, 1.54) is 11.3 Å². The molecule has 0 unspecified atom stereocenters. The molecule has 1 aromatic carbocycles. The number of benzene rings is 1.